The molecule has 2 N–H and O–H groups in total. The standard InChI is InChI=1S/C16H20FN3S/c1-16(10-18)6-7-20(11-16)8-14-9-21-15(19-14)12-2-4-13(17)5-3-12/h2-5,9H,6-8,10-11,18H2,1H3. The molecule has 112 valence electrons. The van der Waals surface area contributed by atoms with Gasteiger partial charge in [0.05, 0.1) is 5.69 Å². The second-order valence-corrected chi connectivity index (χ2v) is 6.98. The molecule has 1 aromatic heterocycles. The minimum atomic E-state index is -0.214. The summed E-state index contributed by atoms with van der Waals surface area (Å²) < 4.78 is 13.0. The third kappa shape index (κ3) is 3.31. The molecule has 1 atom stereocenters. The summed E-state index contributed by atoms with van der Waals surface area (Å²) in [7, 11) is 0. The molecule has 1 fully saturated rings. The number of hydrogen-bond acceptors (Lipinski definition) is 4. The topological polar surface area (TPSA) is 42.1 Å². The third-order valence-electron chi connectivity index (χ3n) is 4.16. The number of benzene rings is 1. The van der Waals surface area contributed by atoms with Gasteiger partial charge in [0.15, 0.2) is 0 Å². The van der Waals surface area contributed by atoms with Gasteiger partial charge in [0.2, 0.25) is 0 Å². The normalized spacial score (nSPS) is 22.8. The van der Waals surface area contributed by atoms with Gasteiger partial charge in [-0.15, -0.1) is 11.3 Å². The Bertz CT molecular complexity index is 610. The maximum Gasteiger partial charge on any atom is 0.123 e. The van der Waals surface area contributed by atoms with Crippen molar-refractivity contribution in [3.63, 3.8) is 0 Å². The maximum absolute atomic E-state index is 13.0. The van der Waals surface area contributed by atoms with Gasteiger partial charge in [-0.25, -0.2) is 9.37 Å². The molecule has 1 saturated heterocycles. The fourth-order valence-corrected chi connectivity index (χ4v) is 3.58. The summed E-state index contributed by atoms with van der Waals surface area (Å²) in [6.07, 6.45) is 1.15. The van der Waals surface area contributed by atoms with Crippen molar-refractivity contribution in [1.82, 2.24) is 9.88 Å². The zero-order chi connectivity index (χ0) is 14.9. The van der Waals surface area contributed by atoms with Gasteiger partial charge in [0.1, 0.15) is 10.8 Å². The van der Waals surface area contributed by atoms with Crippen LogP contribution in [0.3, 0.4) is 0 Å². The van der Waals surface area contributed by atoms with Crippen LogP contribution in [0.4, 0.5) is 4.39 Å². The van der Waals surface area contributed by atoms with Crippen LogP contribution in [0, 0.1) is 11.2 Å². The Kier molecular flexibility index (Phi) is 4.06. The van der Waals surface area contributed by atoms with E-state index in [0.29, 0.717) is 0 Å². The number of nitrogens with zero attached hydrogens (tertiary/aromatic N) is 2. The third-order valence-corrected chi connectivity index (χ3v) is 5.10. The average molecular weight is 305 g/mol. The van der Waals surface area contributed by atoms with Crippen LogP contribution in [0.2, 0.25) is 0 Å². The molecule has 0 bridgehead atoms. The minimum Gasteiger partial charge on any atom is -0.330 e. The van der Waals surface area contributed by atoms with Gasteiger partial charge in [-0.05, 0) is 49.2 Å². The SMILES string of the molecule is CC1(CN)CCN(Cc2csc(-c3ccc(F)cc3)n2)C1. The van der Waals surface area contributed by atoms with Crippen molar-refractivity contribution in [3.8, 4) is 10.6 Å². The molecule has 0 amide bonds. The van der Waals surface area contributed by atoms with Crippen LogP contribution >= 0.6 is 11.3 Å². The van der Waals surface area contributed by atoms with Gasteiger partial charge in [0.25, 0.3) is 0 Å². The Morgan fingerprint density at radius 1 is 1.38 bits per heavy atom. The van der Waals surface area contributed by atoms with Crippen molar-refractivity contribution < 1.29 is 4.39 Å². The largest absolute Gasteiger partial charge is 0.330 e. The van der Waals surface area contributed by atoms with Crippen molar-refractivity contribution in [2.75, 3.05) is 19.6 Å². The molecule has 3 rings (SSSR count). The molecule has 0 spiro atoms. The number of nitrogens with two attached hydrogens (primary N) is 1. The zero-order valence-electron chi connectivity index (χ0n) is 12.2. The molecule has 1 aliphatic heterocycles. The first-order valence-electron chi connectivity index (χ1n) is 7.21. The number of likely N-dealkylation sites (tertiary alicyclic amines) is 1. The lowest BCUT2D eigenvalue weighted by atomic mass is 9.90. The maximum atomic E-state index is 13.0. The summed E-state index contributed by atoms with van der Waals surface area (Å²) in [5.41, 5.74) is 8.15. The molecule has 21 heavy (non-hydrogen) atoms. The van der Waals surface area contributed by atoms with E-state index >= 15 is 0 Å². The number of aromatic nitrogens is 1. The minimum absolute atomic E-state index is 0.214. The average Bonchev–Trinajstić information content (AvgIpc) is 3.08. The van der Waals surface area contributed by atoms with Crippen LogP contribution < -0.4 is 5.73 Å². The highest BCUT2D eigenvalue weighted by Gasteiger charge is 2.32. The number of hydrogen-bond donors (Lipinski definition) is 1. The molecule has 3 nitrogen and oxygen atoms in total. The Morgan fingerprint density at radius 3 is 2.81 bits per heavy atom. The summed E-state index contributed by atoms with van der Waals surface area (Å²) in [5, 5.41) is 3.04. The van der Waals surface area contributed by atoms with Crippen LogP contribution in [-0.2, 0) is 6.54 Å². The van der Waals surface area contributed by atoms with Crippen molar-refractivity contribution in [3.05, 3.63) is 41.2 Å². The molecule has 2 heterocycles. The molecule has 2 aromatic rings. The van der Waals surface area contributed by atoms with E-state index in [0.717, 1.165) is 48.9 Å². The molecule has 0 saturated carbocycles. The summed E-state index contributed by atoms with van der Waals surface area (Å²) in [6, 6.07) is 6.51. The quantitative estimate of drug-likeness (QED) is 0.943. The lowest BCUT2D eigenvalue weighted by Crippen LogP contribution is -2.31. The predicted molar refractivity (Wildman–Crippen MR) is 84.6 cm³/mol. The monoisotopic (exact) mass is 305 g/mol. The van der Waals surface area contributed by atoms with Crippen LogP contribution in [0.25, 0.3) is 10.6 Å². The lowest BCUT2D eigenvalue weighted by Gasteiger charge is -2.22. The van der Waals surface area contributed by atoms with Crippen LogP contribution in [0.1, 0.15) is 19.0 Å². The van der Waals surface area contributed by atoms with E-state index in [9.17, 15) is 4.39 Å². The Labute approximate surface area is 128 Å². The van der Waals surface area contributed by atoms with Crippen LogP contribution in [-0.4, -0.2) is 29.5 Å². The van der Waals surface area contributed by atoms with Gasteiger partial charge in [0, 0.05) is 24.0 Å². The zero-order valence-corrected chi connectivity index (χ0v) is 13.0. The first-order chi connectivity index (χ1) is 10.1. The van der Waals surface area contributed by atoms with Gasteiger partial charge >= 0.3 is 0 Å². The highest BCUT2D eigenvalue weighted by atomic mass is 32.1. The van der Waals surface area contributed by atoms with E-state index in [1.54, 1.807) is 23.5 Å². The molecular formula is C16H20FN3S. The fourth-order valence-electron chi connectivity index (χ4n) is 2.76. The first-order valence-corrected chi connectivity index (χ1v) is 8.09. The molecule has 1 aliphatic rings. The fraction of sp³-hybridized carbons (Fsp3) is 0.438. The van der Waals surface area contributed by atoms with Gasteiger partial charge in [-0.3, -0.25) is 4.90 Å². The molecular weight excluding hydrogens is 285 g/mol. The molecule has 0 radical (unpaired) electrons. The number of rotatable bonds is 4. The first kappa shape index (κ1) is 14.6. The summed E-state index contributed by atoms with van der Waals surface area (Å²) >= 11 is 1.61. The highest BCUT2D eigenvalue weighted by molar-refractivity contribution is 7.13. The smallest absolute Gasteiger partial charge is 0.123 e. The van der Waals surface area contributed by atoms with Crippen LogP contribution in [0.15, 0.2) is 29.6 Å². The van der Waals surface area contributed by atoms with E-state index in [-0.39, 0.29) is 11.2 Å². The van der Waals surface area contributed by atoms with Crippen molar-refractivity contribution in [1.29, 1.82) is 0 Å². The lowest BCUT2D eigenvalue weighted by molar-refractivity contribution is 0.272. The van der Waals surface area contributed by atoms with Gasteiger partial charge < -0.3 is 5.73 Å². The second kappa shape index (κ2) is 5.83. The van der Waals surface area contributed by atoms with Gasteiger partial charge in [-0.2, -0.15) is 0 Å². The van der Waals surface area contributed by atoms with Crippen molar-refractivity contribution in [2.24, 2.45) is 11.1 Å². The molecule has 1 unspecified atom stereocenters. The number of halogens is 1. The predicted octanol–water partition coefficient (Wildman–Crippen LogP) is 3.12. The molecule has 1 aromatic carbocycles. The molecule has 0 aliphatic carbocycles. The van der Waals surface area contributed by atoms with Crippen molar-refractivity contribution in [2.45, 2.75) is 19.9 Å². The second-order valence-electron chi connectivity index (χ2n) is 6.13. The van der Waals surface area contributed by atoms with Gasteiger partial charge in [-0.1, -0.05) is 6.92 Å². The van der Waals surface area contributed by atoms with E-state index in [4.69, 9.17) is 5.73 Å². The Morgan fingerprint density at radius 2 is 2.14 bits per heavy atom. The van der Waals surface area contributed by atoms with E-state index in [1.807, 2.05) is 0 Å². The van der Waals surface area contributed by atoms with E-state index in [1.165, 1.54) is 12.1 Å². The summed E-state index contributed by atoms with van der Waals surface area (Å²) in [6.45, 7) is 5.97. The van der Waals surface area contributed by atoms with E-state index < -0.39 is 0 Å². The Hall–Kier alpha value is -1.30. The summed E-state index contributed by atoms with van der Waals surface area (Å²) in [4.78, 5) is 7.08. The van der Waals surface area contributed by atoms with Crippen LogP contribution in [0.5, 0.6) is 0 Å². The highest BCUT2D eigenvalue weighted by Crippen LogP contribution is 2.30. The Balaban J connectivity index is 1.67. The summed E-state index contributed by atoms with van der Waals surface area (Å²) in [5.74, 6) is -0.214. The van der Waals surface area contributed by atoms with Crippen molar-refractivity contribution >= 4 is 11.3 Å². The molecule has 5 heteroatoms. The number of thiazole rings is 1. The van der Waals surface area contributed by atoms with E-state index in [2.05, 4.69) is 22.2 Å².